The smallest absolute Gasteiger partial charge is 0.241 e. The molecule has 1 atom stereocenters. The van der Waals surface area contributed by atoms with Gasteiger partial charge in [0.2, 0.25) is 10.0 Å². The Hall–Kier alpha value is -1.96. The first kappa shape index (κ1) is 17.8. The number of benzene rings is 2. The maximum absolute atomic E-state index is 12.9. The van der Waals surface area contributed by atoms with E-state index >= 15 is 0 Å². The maximum Gasteiger partial charge on any atom is 0.241 e. The van der Waals surface area contributed by atoms with Crippen LogP contribution in [0.4, 0.5) is 0 Å². The zero-order chi connectivity index (χ0) is 18.0. The number of aryl methyl sites for hydroxylation is 2. The van der Waals surface area contributed by atoms with E-state index in [1.807, 2.05) is 48.9 Å². The summed E-state index contributed by atoms with van der Waals surface area (Å²) in [5.74, 6) is 0.628. The summed E-state index contributed by atoms with van der Waals surface area (Å²) in [6.07, 6.45) is 3.45. The monoisotopic (exact) mass is 419 g/mol. The van der Waals surface area contributed by atoms with Gasteiger partial charge in [0.1, 0.15) is 11.9 Å². The highest BCUT2D eigenvalue weighted by atomic mass is 79.9. The fraction of sp³-hybridized carbons (Fsp3) is 0.167. The van der Waals surface area contributed by atoms with Crippen molar-refractivity contribution in [1.29, 1.82) is 0 Å². The van der Waals surface area contributed by atoms with Crippen molar-refractivity contribution < 1.29 is 8.42 Å². The second-order valence-corrected chi connectivity index (χ2v) is 8.34. The predicted octanol–water partition coefficient (Wildman–Crippen LogP) is 3.56. The van der Waals surface area contributed by atoms with Crippen LogP contribution >= 0.6 is 15.9 Å². The van der Waals surface area contributed by atoms with Crippen LogP contribution in [0.2, 0.25) is 0 Å². The van der Waals surface area contributed by atoms with Crippen LogP contribution in [0.25, 0.3) is 0 Å². The Morgan fingerprint density at radius 1 is 1.16 bits per heavy atom. The molecule has 0 saturated heterocycles. The third-order valence-corrected chi connectivity index (χ3v) is 6.27. The molecule has 1 aromatic heterocycles. The van der Waals surface area contributed by atoms with Gasteiger partial charge in [0.25, 0.3) is 0 Å². The Balaban J connectivity index is 2.03. The zero-order valence-electron chi connectivity index (χ0n) is 13.8. The minimum atomic E-state index is -3.71. The van der Waals surface area contributed by atoms with E-state index in [4.69, 9.17) is 0 Å². The van der Waals surface area contributed by atoms with Crippen molar-refractivity contribution in [3.8, 4) is 0 Å². The van der Waals surface area contributed by atoms with Crippen molar-refractivity contribution in [2.45, 2.75) is 17.9 Å². The van der Waals surface area contributed by atoms with Gasteiger partial charge < -0.3 is 4.57 Å². The minimum absolute atomic E-state index is 0.225. The molecule has 0 bridgehead atoms. The molecule has 0 radical (unpaired) electrons. The highest BCUT2D eigenvalue weighted by Crippen LogP contribution is 2.25. The number of halogens is 1. The molecular formula is C18H18BrN3O2S. The standard InChI is InChI=1S/C18H18BrN3O2S/c1-13-12-15(8-9-16(13)19)25(23,24)21-17(14-6-4-3-5-7-14)18-20-10-11-22(18)2/h3-12,17,21H,1-2H3. The second-order valence-electron chi connectivity index (χ2n) is 5.77. The molecule has 0 saturated carbocycles. The van der Waals surface area contributed by atoms with Crippen LogP contribution in [0.15, 0.2) is 70.3 Å². The van der Waals surface area contributed by atoms with Crippen LogP contribution in [-0.4, -0.2) is 18.0 Å². The summed E-state index contributed by atoms with van der Waals surface area (Å²) in [5, 5.41) is 0. The summed E-state index contributed by atoms with van der Waals surface area (Å²) in [6, 6.07) is 13.8. The summed E-state index contributed by atoms with van der Waals surface area (Å²) in [4.78, 5) is 4.56. The van der Waals surface area contributed by atoms with Gasteiger partial charge in [0, 0.05) is 23.9 Å². The number of nitrogens with one attached hydrogen (secondary N) is 1. The zero-order valence-corrected chi connectivity index (χ0v) is 16.3. The molecule has 0 amide bonds. The Kier molecular flexibility index (Phi) is 5.08. The van der Waals surface area contributed by atoms with Crippen LogP contribution < -0.4 is 4.72 Å². The molecule has 1 unspecified atom stereocenters. The van der Waals surface area contributed by atoms with E-state index in [9.17, 15) is 8.42 Å². The van der Waals surface area contributed by atoms with E-state index in [-0.39, 0.29) is 4.90 Å². The Morgan fingerprint density at radius 3 is 2.48 bits per heavy atom. The molecule has 2 aromatic carbocycles. The van der Waals surface area contributed by atoms with Crippen molar-refractivity contribution in [3.05, 3.63) is 82.3 Å². The molecule has 3 rings (SSSR count). The van der Waals surface area contributed by atoms with Crippen LogP contribution in [-0.2, 0) is 17.1 Å². The Labute approximate surface area is 155 Å². The first-order valence-corrected chi connectivity index (χ1v) is 9.97. The van der Waals surface area contributed by atoms with E-state index < -0.39 is 16.1 Å². The van der Waals surface area contributed by atoms with Crippen molar-refractivity contribution in [2.24, 2.45) is 7.05 Å². The first-order valence-electron chi connectivity index (χ1n) is 7.69. The van der Waals surface area contributed by atoms with Crippen molar-refractivity contribution >= 4 is 26.0 Å². The minimum Gasteiger partial charge on any atom is -0.336 e. The highest BCUT2D eigenvalue weighted by Gasteiger charge is 2.25. The van der Waals surface area contributed by atoms with Gasteiger partial charge in [0.15, 0.2) is 0 Å². The quantitative estimate of drug-likeness (QED) is 0.687. The van der Waals surface area contributed by atoms with Crippen LogP contribution in [0.5, 0.6) is 0 Å². The maximum atomic E-state index is 12.9. The molecule has 0 aliphatic rings. The number of rotatable bonds is 5. The molecule has 0 fully saturated rings. The third-order valence-electron chi connectivity index (χ3n) is 3.96. The van der Waals surface area contributed by atoms with E-state index in [1.54, 1.807) is 30.6 Å². The fourth-order valence-corrected chi connectivity index (χ4v) is 4.09. The predicted molar refractivity (Wildman–Crippen MR) is 101 cm³/mol. The molecule has 1 heterocycles. The number of imidazole rings is 1. The fourth-order valence-electron chi connectivity index (χ4n) is 2.58. The van der Waals surface area contributed by atoms with Gasteiger partial charge in [-0.3, -0.25) is 0 Å². The lowest BCUT2D eigenvalue weighted by Crippen LogP contribution is -2.31. The van der Waals surface area contributed by atoms with Gasteiger partial charge in [-0.05, 0) is 36.2 Å². The Morgan fingerprint density at radius 2 is 1.88 bits per heavy atom. The van der Waals surface area contributed by atoms with Crippen molar-refractivity contribution in [1.82, 2.24) is 14.3 Å². The molecule has 1 N–H and O–H groups in total. The van der Waals surface area contributed by atoms with E-state index in [2.05, 4.69) is 25.6 Å². The SMILES string of the molecule is Cc1cc(S(=O)(=O)NC(c2ccccc2)c2nccn2C)ccc1Br. The largest absolute Gasteiger partial charge is 0.336 e. The van der Waals surface area contributed by atoms with E-state index in [0.717, 1.165) is 15.6 Å². The van der Waals surface area contributed by atoms with Crippen molar-refractivity contribution in [3.63, 3.8) is 0 Å². The molecular weight excluding hydrogens is 402 g/mol. The summed E-state index contributed by atoms with van der Waals surface area (Å²) in [7, 11) is -1.87. The lowest BCUT2D eigenvalue weighted by atomic mass is 10.1. The lowest BCUT2D eigenvalue weighted by Gasteiger charge is -2.19. The first-order chi connectivity index (χ1) is 11.9. The molecule has 5 nitrogen and oxygen atoms in total. The average molecular weight is 420 g/mol. The number of hydrogen-bond donors (Lipinski definition) is 1. The number of sulfonamides is 1. The molecule has 25 heavy (non-hydrogen) atoms. The van der Waals surface area contributed by atoms with E-state index in [1.165, 1.54) is 0 Å². The second kappa shape index (κ2) is 7.11. The van der Waals surface area contributed by atoms with Gasteiger partial charge in [-0.25, -0.2) is 13.4 Å². The van der Waals surface area contributed by atoms with Crippen molar-refractivity contribution in [2.75, 3.05) is 0 Å². The Bertz CT molecular complexity index is 985. The van der Waals surface area contributed by atoms with Gasteiger partial charge in [0.05, 0.1) is 4.90 Å². The molecule has 130 valence electrons. The number of nitrogens with zero attached hydrogens (tertiary/aromatic N) is 2. The normalized spacial score (nSPS) is 12.9. The summed E-state index contributed by atoms with van der Waals surface area (Å²) in [6.45, 7) is 1.86. The van der Waals surface area contributed by atoms with Crippen LogP contribution in [0.3, 0.4) is 0 Å². The number of aromatic nitrogens is 2. The van der Waals surface area contributed by atoms with E-state index in [0.29, 0.717) is 5.82 Å². The average Bonchev–Trinajstić information content (AvgIpc) is 3.02. The molecule has 0 spiro atoms. The summed E-state index contributed by atoms with van der Waals surface area (Å²) < 4.78 is 31.3. The lowest BCUT2D eigenvalue weighted by molar-refractivity contribution is 0.562. The van der Waals surface area contributed by atoms with Crippen LogP contribution in [0.1, 0.15) is 23.0 Å². The molecule has 7 heteroatoms. The molecule has 0 aliphatic heterocycles. The third kappa shape index (κ3) is 3.84. The topological polar surface area (TPSA) is 64.0 Å². The van der Waals surface area contributed by atoms with Crippen LogP contribution in [0, 0.1) is 6.92 Å². The van der Waals surface area contributed by atoms with Gasteiger partial charge in [-0.2, -0.15) is 4.72 Å². The van der Waals surface area contributed by atoms with Gasteiger partial charge in [-0.15, -0.1) is 0 Å². The van der Waals surface area contributed by atoms with Gasteiger partial charge in [-0.1, -0.05) is 46.3 Å². The molecule has 3 aromatic rings. The summed E-state index contributed by atoms with van der Waals surface area (Å²) in [5.41, 5.74) is 1.69. The number of hydrogen-bond acceptors (Lipinski definition) is 3. The molecule has 0 aliphatic carbocycles. The highest BCUT2D eigenvalue weighted by molar-refractivity contribution is 9.10. The van der Waals surface area contributed by atoms with Gasteiger partial charge >= 0.3 is 0 Å². The summed E-state index contributed by atoms with van der Waals surface area (Å²) >= 11 is 3.40.